The largest absolute Gasteiger partial charge is 0.0622 e. The molecule has 0 nitrogen and oxygen atoms in total. The van der Waals surface area contributed by atoms with Gasteiger partial charge in [-0.25, -0.2) is 0 Å². The minimum atomic E-state index is 0.659. The molecule has 0 radical (unpaired) electrons. The Labute approximate surface area is 148 Å². The van der Waals surface area contributed by atoms with Gasteiger partial charge in [0, 0.05) is 0 Å². The molecule has 0 heterocycles. The number of hydrogen-bond donors (Lipinski definition) is 0. The van der Waals surface area contributed by atoms with E-state index in [0.717, 1.165) is 6.42 Å². The van der Waals surface area contributed by atoms with Crippen molar-refractivity contribution in [3.05, 3.63) is 108 Å². The van der Waals surface area contributed by atoms with Gasteiger partial charge < -0.3 is 0 Å². The molecule has 0 unspecified atom stereocenters. The predicted octanol–water partition coefficient (Wildman–Crippen LogP) is 7.05. The van der Waals surface area contributed by atoms with Gasteiger partial charge in [0.1, 0.15) is 0 Å². The SMILES string of the molecule is CC(C)c1ccccc1.CCc1ccccc1.Cc1ccccc1. The fourth-order valence-corrected chi connectivity index (χ4v) is 2.09. The van der Waals surface area contributed by atoms with E-state index in [-0.39, 0.29) is 0 Å². The van der Waals surface area contributed by atoms with Crippen LogP contribution in [-0.2, 0) is 6.42 Å². The Morgan fingerprint density at radius 2 is 1.04 bits per heavy atom. The Kier molecular flexibility index (Phi) is 9.96. The molecule has 0 spiro atoms. The lowest BCUT2D eigenvalue weighted by Crippen LogP contribution is -1.83. The summed E-state index contributed by atoms with van der Waals surface area (Å²) in [6.07, 6.45) is 1.14. The minimum absolute atomic E-state index is 0.659. The van der Waals surface area contributed by atoms with E-state index in [1.165, 1.54) is 16.7 Å². The van der Waals surface area contributed by atoms with Crippen LogP contribution in [0.4, 0.5) is 0 Å². The molecule has 0 saturated carbocycles. The first-order valence-electron chi connectivity index (χ1n) is 8.74. The zero-order valence-electron chi connectivity index (χ0n) is 15.4. The highest BCUT2D eigenvalue weighted by Crippen LogP contribution is 2.11. The lowest BCUT2D eigenvalue weighted by Gasteiger charge is -2.01. The summed E-state index contributed by atoms with van der Waals surface area (Å²) >= 11 is 0. The highest BCUT2D eigenvalue weighted by molar-refractivity contribution is 5.17. The molecule has 3 rings (SSSR count). The summed E-state index contributed by atoms with van der Waals surface area (Å²) in [5, 5.41) is 0. The van der Waals surface area contributed by atoms with Crippen LogP contribution in [0, 0.1) is 6.92 Å². The third kappa shape index (κ3) is 8.95. The second-order valence-electron chi connectivity index (χ2n) is 6.06. The third-order valence-corrected chi connectivity index (χ3v) is 3.66. The van der Waals surface area contributed by atoms with Crippen molar-refractivity contribution in [3.8, 4) is 0 Å². The van der Waals surface area contributed by atoms with Crippen molar-refractivity contribution in [2.24, 2.45) is 0 Å². The third-order valence-electron chi connectivity index (χ3n) is 3.66. The minimum Gasteiger partial charge on any atom is -0.0622 e. The van der Waals surface area contributed by atoms with E-state index in [1.54, 1.807) is 0 Å². The van der Waals surface area contributed by atoms with E-state index in [1.807, 2.05) is 30.3 Å². The van der Waals surface area contributed by atoms with Gasteiger partial charge in [0.05, 0.1) is 0 Å². The molecule has 0 amide bonds. The van der Waals surface area contributed by atoms with Crippen molar-refractivity contribution in [2.75, 3.05) is 0 Å². The summed E-state index contributed by atoms with van der Waals surface area (Å²) in [4.78, 5) is 0. The van der Waals surface area contributed by atoms with E-state index >= 15 is 0 Å². The van der Waals surface area contributed by atoms with Gasteiger partial charge in [-0.15, -0.1) is 0 Å². The molecule has 3 aromatic carbocycles. The molecule has 3 aromatic rings. The van der Waals surface area contributed by atoms with Crippen LogP contribution in [0.1, 0.15) is 43.4 Å². The summed E-state index contributed by atoms with van der Waals surface area (Å²) in [6.45, 7) is 8.65. The summed E-state index contributed by atoms with van der Waals surface area (Å²) in [7, 11) is 0. The average Bonchev–Trinajstić information content (AvgIpc) is 2.65. The van der Waals surface area contributed by atoms with Crippen LogP contribution < -0.4 is 0 Å². The molecular weight excluding hydrogens is 288 g/mol. The zero-order chi connectivity index (χ0) is 17.6. The van der Waals surface area contributed by atoms with Crippen molar-refractivity contribution in [2.45, 2.75) is 40.0 Å². The second kappa shape index (κ2) is 12.1. The summed E-state index contributed by atoms with van der Waals surface area (Å²) in [5.74, 6) is 0.659. The standard InChI is InChI=1S/C9H12.C8H10.C7H8/c1-8(2)9-6-4-3-5-7-9;1-2-8-6-4-3-5-7-8;1-7-5-3-2-4-6-7/h3-8H,1-2H3;3-7H,2H2,1H3;2-6H,1H3. The molecule has 0 saturated heterocycles. The van der Waals surface area contributed by atoms with Crippen LogP contribution in [-0.4, -0.2) is 0 Å². The molecule has 0 aliphatic rings. The van der Waals surface area contributed by atoms with E-state index in [9.17, 15) is 0 Å². The Balaban J connectivity index is 0.000000181. The molecule has 0 atom stereocenters. The fraction of sp³-hybridized carbons (Fsp3) is 0.250. The van der Waals surface area contributed by atoms with Gasteiger partial charge in [-0.05, 0) is 30.4 Å². The topological polar surface area (TPSA) is 0 Å². The van der Waals surface area contributed by atoms with Crippen molar-refractivity contribution in [1.82, 2.24) is 0 Å². The van der Waals surface area contributed by atoms with Gasteiger partial charge in [0.15, 0.2) is 0 Å². The van der Waals surface area contributed by atoms with Gasteiger partial charge in [0.25, 0.3) is 0 Å². The highest BCUT2D eigenvalue weighted by atomic mass is 14.0. The van der Waals surface area contributed by atoms with Crippen molar-refractivity contribution in [3.63, 3.8) is 0 Å². The van der Waals surface area contributed by atoms with Gasteiger partial charge in [-0.2, -0.15) is 0 Å². The van der Waals surface area contributed by atoms with Crippen LogP contribution >= 0.6 is 0 Å². The molecule has 0 aliphatic carbocycles. The maximum atomic E-state index is 2.20. The first kappa shape index (κ1) is 19.7. The Hall–Kier alpha value is -2.34. The lowest BCUT2D eigenvalue weighted by molar-refractivity contribution is 0.867. The van der Waals surface area contributed by atoms with Gasteiger partial charge in [-0.1, -0.05) is 117 Å². The first-order valence-corrected chi connectivity index (χ1v) is 8.74. The number of hydrogen-bond acceptors (Lipinski definition) is 0. The molecule has 0 heteroatoms. The second-order valence-corrected chi connectivity index (χ2v) is 6.06. The highest BCUT2D eigenvalue weighted by Gasteiger charge is 1.93. The number of benzene rings is 3. The molecule has 0 aliphatic heterocycles. The molecule has 24 heavy (non-hydrogen) atoms. The molecule has 0 N–H and O–H groups in total. The Bertz CT molecular complexity index is 625. The molecular formula is C24H30. The van der Waals surface area contributed by atoms with Crippen molar-refractivity contribution < 1.29 is 0 Å². The van der Waals surface area contributed by atoms with E-state index in [0.29, 0.717) is 5.92 Å². The van der Waals surface area contributed by atoms with Gasteiger partial charge in [-0.3, -0.25) is 0 Å². The van der Waals surface area contributed by atoms with Gasteiger partial charge >= 0.3 is 0 Å². The molecule has 0 fully saturated rings. The van der Waals surface area contributed by atoms with Crippen LogP contribution in [0.25, 0.3) is 0 Å². The first-order chi connectivity index (χ1) is 11.6. The van der Waals surface area contributed by atoms with Crippen LogP contribution in [0.2, 0.25) is 0 Å². The average molecular weight is 319 g/mol. The number of aryl methyl sites for hydroxylation is 2. The summed E-state index contributed by atoms with van der Waals surface area (Å²) in [5.41, 5.74) is 4.15. The van der Waals surface area contributed by atoms with Gasteiger partial charge in [0.2, 0.25) is 0 Å². The van der Waals surface area contributed by atoms with Crippen LogP contribution in [0.3, 0.4) is 0 Å². The fourth-order valence-electron chi connectivity index (χ4n) is 2.09. The molecule has 0 bridgehead atoms. The summed E-state index contributed by atoms with van der Waals surface area (Å²) in [6, 6.07) is 31.2. The number of rotatable bonds is 2. The van der Waals surface area contributed by atoms with E-state index in [2.05, 4.69) is 88.4 Å². The Morgan fingerprint density at radius 3 is 1.29 bits per heavy atom. The van der Waals surface area contributed by atoms with Crippen molar-refractivity contribution >= 4 is 0 Å². The predicted molar refractivity (Wildman–Crippen MR) is 108 cm³/mol. The monoisotopic (exact) mass is 318 g/mol. The summed E-state index contributed by atoms with van der Waals surface area (Å²) < 4.78 is 0. The van der Waals surface area contributed by atoms with Crippen molar-refractivity contribution in [1.29, 1.82) is 0 Å². The molecule has 126 valence electrons. The van der Waals surface area contributed by atoms with E-state index < -0.39 is 0 Å². The smallest absolute Gasteiger partial charge is 0.0219 e. The quantitative estimate of drug-likeness (QED) is 0.474. The normalized spacial score (nSPS) is 9.38. The lowest BCUT2D eigenvalue weighted by atomic mass is 10.0. The zero-order valence-corrected chi connectivity index (χ0v) is 15.4. The van der Waals surface area contributed by atoms with E-state index in [4.69, 9.17) is 0 Å². The molecule has 0 aromatic heterocycles. The van der Waals surface area contributed by atoms with Crippen LogP contribution in [0.5, 0.6) is 0 Å². The maximum absolute atomic E-state index is 2.20. The maximum Gasteiger partial charge on any atom is -0.0219 e. The Morgan fingerprint density at radius 1 is 0.625 bits per heavy atom. The van der Waals surface area contributed by atoms with Crippen LogP contribution in [0.15, 0.2) is 91.0 Å².